The number of ether oxygens (including phenoxy) is 2. The molecule has 38 heavy (non-hydrogen) atoms. The van der Waals surface area contributed by atoms with Gasteiger partial charge in [-0.3, -0.25) is 4.90 Å². The van der Waals surface area contributed by atoms with E-state index in [1.165, 1.54) is 5.56 Å². The molecule has 0 aromatic heterocycles. The molecule has 1 aliphatic rings. The summed E-state index contributed by atoms with van der Waals surface area (Å²) >= 11 is 0. The Morgan fingerprint density at radius 1 is 0.974 bits per heavy atom. The highest BCUT2D eigenvalue weighted by Crippen LogP contribution is 2.41. The summed E-state index contributed by atoms with van der Waals surface area (Å²) in [6, 6.07) is 25.1. The molecule has 0 fully saturated rings. The molecule has 1 atom stereocenters. The van der Waals surface area contributed by atoms with Crippen LogP contribution in [0.15, 0.2) is 72.8 Å². The lowest BCUT2D eigenvalue weighted by Gasteiger charge is -2.38. The summed E-state index contributed by atoms with van der Waals surface area (Å²) in [5.74, 6) is 1.40. The minimum Gasteiger partial charge on any atom is -0.493 e. The fourth-order valence-corrected chi connectivity index (χ4v) is 5.35. The van der Waals surface area contributed by atoms with E-state index in [0.717, 1.165) is 35.4 Å². The molecule has 1 unspecified atom stereocenters. The molecule has 202 valence electrons. The Morgan fingerprint density at radius 3 is 2.26 bits per heavy atom. The lowest BCUT2D eigenvalue weighted by Crippen LogP contribution is -2.49. The molecule has 1 N–H and O–H groups in total. The van der Waals surface area contributed by atoms with Gasteiger partial charge < -0.3 is 19.7 Å². The van der Waals surface area contributed by atoms with E-state index in [9.17, 15) is 4.79 Å². The van der Waals surface area contributed by atoms with E-state index in [1.54, 1.807) is 7.11 Å². The number of fused-ring (bicyclic) bond motifs is 1. The average Bonchev–Trinajstić information content (AvgIpc) is 2.93. The van der Waals surface area contributed by atoms with E-state index in [2.05, 4.69) is 56.1 Å². The summed E-state index contributed by atoms with van der Waals surface area (Å²) in [6.07, 6.45) is 0.752. The maximum absolute atomic E-state index is 13.5. The van der Waals surface area contributed by atoms with Gasteiger partial charge in [0.25, 0.3) is 0 Å². The molecule has 3 aromatic carbocycles. The van der Waals surface area contributed by atoms with Crippen LogP contribution in [0.1, 0.15) is 56.0 Å². The third-order valence-electron chi connectivity index (χ3n) is 7.24. The first-order chi connectivity index (χ1) is 18.4. The van der Waals surface area contributed by atoms with Gasteiger partial charge in [-0.15, -0.1) is 0 Å². The number of nitrogens with zero attached hydrogens (tertiary/aromatic N) is 2. The number of hydrogen-bond acceptors (Lipinski definition) is 4. The van der Waals surface area contributed by atoms with E-state index in [1.807, 2.05) is 59.5 Å². The maximum atomic E-state index is 13.5. The van der Waals surface area contributed by atoms with Crippen molar-refractivity contribution in [3.8, 4) is 11.5 Å². The molecule has 0 bridgehead atoms. The van der Waals surface area contributed by atoms with Crippen LogP contribution in [0.2, 0.25) is 0 Å². The number of carbonyl (C=O) groups is 1. The van der Waals surface area contributed by atoms with Crippen molar-refractivity contribution in [1.29, 1.82) is 0 Å². The number of benzene rings is 3. The molecule has 2 amide bonds. The Kier molecular flexibility index (Phi) is 9.29. The second-order valence-electron chi connectivity index (χ2n) is 10.4. The van der Waals surface area contributed by atoms with Crippen LogP contribution in [0.4, 0.5) is 4.79 Å². The molecule has 0 radical (unpaired) electrons. The third-order valence-corrected chi connectivity index (χ3v) is 7.24. The van der Waals surface area contributed by atoms with Crippen molar-refractivity contribution in [1.82, 2.24) is 15.1 Å². The second-order valence-corrected chi connectivity index (χ2v) is 10.4. The van der Waals surface area contributed by atoms with E-state index in [-0.39, 0.29) is 12.1 Å². The van der Waals surface area contributed by atoms with Crippen molar-refractivity contribution in [3.05, 3.63) is 95.1 Å². The normalized spacial score (nSPS) is 15.1. The molecule has 3 aromatic rings. The van der Waals surface area contributed by atoms with Gasteiger partial charge in [0.1, 0.15) is 6.61 Å². The Labute approximate surface area is 227 Å². The topological polar surface area (TPSA) is 54.0 Å². The summed E-state index contributed by atoms with van der Waals surface area (Å²) in [7, 11) is 1.66. The lowest BCUT2D eigenvalue weighted by atomic mass is 9.88. The van der Waals surface area contributed by atoms with Crippen LogP contribution in [-0.4, -0.2) is 54.7 Å². The number of carbonyl (C=O) groups excluding carboxylic acids is 1. The average molecular weight is 516 g/mol. The minimum absolute atomic E-state index is 0.0414. The van der Waals surface area contributed by atoms with Crippen LogP contribution in [0.25, 0.3) is 0 Å². The zero-order chi connectivity index (χ0) is 27.1. The highest BCUT2D eigenvalue weighted by atomic mass is 16.5. The Balaban J connectivity index is 1.58. The van der Waals surface area contributed by atoms with Crippen LogP contribution >= 0.6 is 0 Å². The molecule has 1 heterocycles. The van der Waals surface area contributed by atoms with Crippen molar-refractivity contribution in [2.24, 2.45) is 0 Å². The first-order valence-electron chi connectivity index (χ1n) is 13.6. The van der Waals surface area contributed by atoms with E-state index >= 15 is 0 Å². The molecule has 4 rings (SSSR count). The predicted octanol–water partition coefficient (Wildman–Crippen LogP) is 6.05. The highest BCUT2D eigenvalue weighted by molar-refractivity contribution is 5.76. The lowest BCUT2D eigenvalue weighted by molar-refractivity contribution is 0.162. The number of methoxy groups -OCH3 is 1. The van der Waals surface area contributed by atoms with Gasteiger partial charge in [0.2, 0.25) is 0 Å². The van der Waals surface area contributed by atoms with Gasteiger partial charge in [-0.2, -0.15) is 0 Å². The van der Waals surface area contributed by atoms with E-state index in [0.29, 0.717) is 37.5 Å². The Bertz CT molecular complexity index is 1170. The summed E-state index contributed by atoms with van der Waals surface area (Å²) in [5.41, 5.74) is 4.44. The maximum Gasteiger partial charge on any atom is 0.318 e. The largest absolute Gasteiger partial charge is 0.493 e. The first kappa shape index (κ1) is 27.5. The van der Waals surface area contributed by atoms with Crippen molar-refractivity contribution < 1.29 is 14.3 Å². The van der Waals surface area contributed by atoms with E-state index in [4.69, 9.17) is 9.47 Å². The smallest absolute Gasteiger partial charge is 0.318 e. The second kappa shape index (κ2) is 12.8. The van der Waals surface area contributed by atoms with Crippen LogP contribution in [0.5, 0.6) is 11.5 Å². The van der Waals surface area contributed by atoms with E-state index < -0.39 is 0 Å². The molecule has 6 heteroatoms. The van der Waals surface area contributed by atoms with Crippen LogP contribution in [0.3, 0.4) is 0 Å². The number of nitrogens with one attached hydrogen (secondary N) is 1. The third kappa shape index (κ3) is 6.48. The van der Waals surface area contributed by atoms with Crippen molar-refractivity contribution >= 4 is 6.03 Å². The monoisotopic (exact) mass is 515 g/mol. The summed E-state index contributed by atoms with van der Waals surface area (Å²) in [5, 5.41) is 3.19. The number of amides is 2. The number of urea groups is 1. The van der Waals surface area contributed by atoms with Crippen LogP contribution < -0.4 is 14.8 Å². The van der Waals surface area contributed by atoms with Crippen molar-refractivity contribution in [2.45, 2.75) is 58.8 Å². The van der Waals surface area contributed by atoms with Crippen molar-refractivity contribution in [3.63, 3.8) is 0 Å². The van der Waals surface area contributed by atoms with Gasteiger partial charge in [-0.1, -0.05) is 60.7 Å². The molecule has 0 saturated carbocycles. The highest BCUT2D eigenvalue weighted by Gasteiger charge is 2.33. The molecule has 0 aliphatic carbocycles. The molecule has 6 nitrogen and oxygen atoms in total. The Hall–Kier alpha value is -3.51. The molecular weight excluding hydrogens is 474 g/mol. The first-order valence-corrected chi connectivity index (χ1v) is 13.6. The fraction of sp³-hybridized carbons (Fsp3) is 0.406. The van der Waals surface area contributed by atoms with Gasteiger partial charge >= 0.3 is 6.03 Å². The minimum atomic E-state index is -0.205. The summed E-state index contributed by atoms with van der Waals surface area (Å²) in [4.78, 5) is 17.9. The zero-order valence-corrected chi connectivity index (χ0v) is 23.3. The number of rotatable bonds is 10. The standard InChI is InChI=1S/C32H41N3O3/c1-23(2)34(24(3)4)19-17-33-32(36)35-18-16-27-20-30(38-22-25-12-8-6-9-13-25)29(37-5)21-28(27)31(35)26-14-10-7-11-15-26/h6-15,20-21,23-24,31H,16-19,22H2,1-5H3,(H,33,36). The number of hydrogen-bond donors (Lipinski definition) is 1. The Morgan fingerprint density at radius 2 is 1.63 bits per heavy atom. The molecule has 1 aliphatic heterocycles. The predicted molar refractivity (Wildman–Crippen MR) is 153 cm³/mol. The SMILES string of the molecule is COc1cc2c(cc1OCc1ccccc1)CCN(C(=O)NCCN(C(C)C)C(C)C)C2c1ccccc1. The van der Waals surface area contributed by atoms with Crippen LogP contribution in [-0.2, 0) is 13.0 Å². The summed E-state index contributed by atoms with van der Waals surface area (Å²) < 4.78 is 12.0. The van der Waals surface area contributed by atoms with Gasteiger partial charge in [0.15, 0.2) is 11.5 Å². The van der Waals surface area contributed by atoms with Gasteiger partial charge in [0, 0.05) is 31.7 Å². The molecule has 0 saturated heterocycles. The van der Waals surface area contributed by atoms with Gasteiger partial charge in [-0.05, 0) is 68.5 Å². The summed E-state index contributed by atoms with van der Waals surface area (Å²) in [6.45, 7) is 11.3. The van der Waals surface area contributed by atoms with Gasteiger partial charge in [0.05, 0.1) is 13.2 Å². The van der Waals surface area contributed by atoms with Gasteiger partial charge in [-0.25, -0.2) is 4.79 Å². The fourth-order valence-electron chi connectivity index (χ4n) is 5.35. The van der Waals surface area contributed by atoms with Crippen molar-refractivity contribution in [2.75, 3.05) is 26.7 Å². The molecule has 0 spiro atoms. The quantitative estimate of drug-likeness (QED) is 0.357. The zero-order valence-electron chi connectivity index (χ0n) is 23.3. The van der Waals surface area contributed by atoms with Crippen LogP contribution in [0, 0.1) is 0 Å². The molecular formula is C32H41N3O3.